The molecule has 1 aliphatic heterocycles. The lowest BCUT2D eigenvalue weighted by molar-refractivity contribution is -0.160. The molecule has 1 aromatic carbocycles. The van der Waals surface area contributed by atoms with Crippen LogP contribution in [0.1, 0.15) is 16.8 Å². The minimum Gasteiger partial charge on any atom is -0.496 e. The fraction of sp³-hybridized carbons (Fsp3) is 0.389. The Morgan fingerprint density at radius 3 is 2.32 bits per heavy atom. The van der Waals surface area contributed by atoms with Crippen LogP contribution in [0.3, 0.4) is 0 Å². The van der Waals surface area contributed by atoms with E-state index in [0.29, 0.717) is 24.3 Å². The van der Waals surface area contributed by atoms with Gasteiger partial charge in [0.05, 0.1) is 32.9 Å². The summed E-state index contributed by atoms with van der Waals surface area (Å²) in [7, 11) is 3.86. The molecule has 7 nitrogen and oxygen atoms in total. The van der Waals surface area contributed by atoms with Gasteiger partial charge in [-0.05, 0) is 18.6 Å². The number of benzene rings is 1. The maximum absolute atomic E-state index is 13.0. The van der Waals surface area contributed by atoms with Crippen molar-refractivity contribution in [3.05, 3.63) is 42.0 Å². The highest BCUT2D eigenvalue weighted by atomic mass is 16.5. The average molecular weight is 347 g/mol. The van der Waals surface area contributed by atoms with Crippen LogP contribution >= 0.6 is 0 Å². The summed E-state index contributed by atoms with van der Waals surface area (Å²) in [4.78, 5) is 38.7. The van der Waals surface area contributed by atoms with E-state index < -0.39 is 23.9 Å². The Morgan fingerprint density at radius 1 is 1.08 bits per heavy atom. The highest BCUT2D eigenvalue weighted by Gasteiger charge is 2.42. The Bertz CT molecular complexity index is 668. The SMILES string of the molecule is COC(=O)C(C(=O)OC)[C@H]1C=CCCN1C(=O)c1ccccc1OC. The number of rotatable bonds is 5. The van der Waals surface area contributed by atoms with Gasteiger partial charge in [-0.15, -0.1) is 0 Å². The Kier molecular flexibility index (Phi) is 6.16. The van der Waals surface area contributed by atoms with Crippen molar-refractivity contribution in [3.63, 3.8) is 0 Å². The molecule has 1 heterocycles. The zero-order valence-corrected chi connectivity index (χ0v) is 14.4. The molecule has 1 amide bonds. The first-order valence-corrected chi connectivity index (χ1v) is 7.81. The van der Waals surface area contributed by atoms with E-state index in [1.54, 1.807) is 30.3 Å². The molecule has 25 heavy (non-hydrogen) atoms. The predicted molar refractivity (Wildman–Crippen MR) is 89.1 cm³/mol. The van der Waals surface area contributed by atoms with E-state index in [1.165, 1.54) is 26.2 Å². The van der Waals surface area contributed by atoms with E-state index >= 15 is 0 Å². The Hall–Kier alpha value is -2.83. The van der Waals surface area contributed by atoms with Crippen LogP contribution in [0.15, 0.2) is 36.4 Å². The second kappa shape index (κ2) is 8.32. The fourth-order valence-electron chi connectivity index (χ4n) is 2.84. The zero-order chi connectivity index (χ0) is 18.4. The molecule has 0 spiro atoms. The standard InChI is InChI=1S/C18H21NO6/c1-23-14-10-5-4-8-12(14)16(20)19-11-7-6-9-13(19)15(17(21)24-2)18(22)25-3/h4-6,8-10,13,15H,7,11H2,1-3H3/t13-/m1/s1. The summed E-state index contributed by atoms with van der Waals surface area (Å²) in [6, 6.07) is 6.02. The summed E-state index contributed by atoms with van der Waals surface area (Å²) in [5.41, 5.74) is 0.360. The fourth-order valence-corrected chi connectivity index (χ4v) is 2.84. The lowest BCUT2D eigenvalue weighted by Gasteiger charge is -2.35. The molecule has 134 valence electrons. The molecule has 0 fully saturated rings. The molecule has 1 atom stereocenters. The molecule has 1 aliphatic rings. The highest BCUT2D eigenvalue weighted by Crippen LogP contribution is 2.26. The number of methoxy groups -OCH3 is 3. The molecule has 2 rings (SSSR count). The molecule has 0 bridgehead atoms. The van der Waals surface area contributed by atoms with Crippen molar-refractivity contribution in [2.45, 2.75) is 12.5 Å². The first-order chi connectivity index (χ1) is 12.0. The summed E-state index contributed by atoms with van der Waals surface area (Å²) in [5.74, 6) is -2.65. The monoisotopic (exact) mass is 347 g/mol. The van der Waals surface area contributed by atoms with Gasteiger partial charge in [-0.2, -0.15) is 0 Å². The second-order valence-corrected chi connectivity index (χ2v) is 5.43. The van der Waals surface area contributed by atoms with Crippen LogP contribution in [0.25, 0.3) is 0 Å². The third kappa shape index (κ3) is 3.81. The molecule has 7 heteroatoms. The topological polar surface area (TPSA) is 82.1 Å². The van der Waals surface area contributed by atoms with E-state index in [1.807, 2.05) is 6.08 Å². The van der Waals surface area contributed by atoms with Crippen molar-refractivity contribution in [3.8, 4) is 5.75 Å². The Labute approximate surface area is 146 Å². The summed E-state index contributed by atoms with van der Waals surface area (Å²) in [6.45, 7) is 0.364. The van der Waals surface area contributed by atoms with Gasteiger partial charge in [0.1, 0.15) is 5.75 Å². The first-order valence-electron chi connectivity index (χ1n) is 7.81. The van der Waals surface area contributed by atoms with Crippen LogP contribution in [0, 0.1) is 5.92 Å². The summed E-state index contributed by atoms with van der Waals surface area (Å²) in [6.07, 6.45) is 4.11. The van der Waals surface area contributed by atoms with Gasteiger partial charge < -0.3 is 19.1 Å². The number of amides is 1. The minimum absolute atomic E-state index is 0.329. The van der Waals surface area contributed by atoms with Crippen LogP contribution in [0.4, 0.5) is 0 Å². The van der Waals surface area contributed by atoms with Crippen LogP contribution in [-0.2, 0) is 19.1 Å². The zero-order valence-electron chi connectivity index (χ0n) is 14.4. The van der Waals surface area contributed by atoms with Crippen LogP contribution in [-0.4, -0.2) is 56.7 Å². The number of carbonyl (C=O) groups excluding carboxylic acids is 3. The third-order valence-electron chi connectivity index (χ3n) is 4.08. The van der Waals surface area contributed by atoms with Crippen molar-refractivity contribution in [2.24, 2.45) is 5.92 Å². The van der Waals surface area contributed by atoms with Crippen LogP contribution < -0.4 is 4.74 Å². The van der Waals surface area contributed by atoms with E-state index in [2.05, 4.69) is 0 Å². The maximum Gasteiger partial charge on any atom is 0.322 e. The van der Waals surface area contributed by atoms with Gasteiger partial charge in [-0.25, -0.2) is 0 Å². The quantitative estimate of drug-likeness (QED) is 0.455. The molecule has 0 aromatic heterocycles. The van der Waals surface area contributed by atoms with Gasteiger partial charge in [0.25, 0.3) is 5.91 Å². The first kappa shape index (κ1) is 18.5. The molecule has 0 unspecified atom stereocenters. The van der Waals surface area contributed by atoms with Gasteiger partial charge in [-0.3, -0.25) is 14.4 Å². The number of para-hydroxylation sites is 1. The summed E-state index contributed by atoms with van der Waals surface area (Å²) >= 11 is 0. The molecular formula is C18H21NO6. The van der Waals surface area contributed by atoms with E-state index in [0.717, 1.165) is 0 Å². The van der Waals surface area contributed by atoms with Gasteiger partial charge in [0.2, 0.25) is 0 Å². The van der Waals surface area contributed by atoms with E-state index in [9.17, 15) is 14.4 Å². The number of nitrogens with zero attached hydrogens (tertiary/aromatic N) is 1. The largest absolute Gasteiger partial charge is 0.496 e. The van der Waals surface area contributed by atoms with Gasteiger partial charge in [0, 0.05) is 6.54 Å². The van der Waals surface area contributed by atoms with Crippen molar-refractivity contribution in [1.82, 2.24) is 4.90 Å². The smallest absolute Gasteiger partial charge is 0.322 e. The molecule has 0 radical (unpaired) electrons. The Morgan fingerprint density at radius 2 is 1.72 bits per heavy atom. The lowest BCUT2D eigenvalue weighted by atomic mass is 9.94. The van der Waals surface area contributed by atoms with Crippen LogP contribution in [0.2, 0.25) is 0 Å². The van der Waals surface area contributed by atoms with Gasteiger partial charge in [-0.1, -0.05) is 24.3 Å². The predicted octanol–water partition coefficient (Wildman–Crippen LogP) is 1.43. The van der Waals surface area contributed by atoms with Crippen molar-refractivity contribution in [1.29, 1.82) is 0 Å². The van der Waals surface area contributed by atoms with E-state index in [4.69, 9.17) is 14.2 Å². The summed E-state index contributed by atoms with van der Waals surface area (Å²) in [5, 5.41) is 0. The van der Waals surface area contributed by atoms with Gasteiger partial charge >= 0.3 is 11.9 Å². The Balaban J connectivity index is 2.40. The number of carbonyl (C=O) groups is 3. The van der Waals surface area contributed by atoms with Crippen molar-refractivity contribution >= 4 is 17.8 Å². The molecular weight excluding hydrogens is 326 g/mol. The average Bonchev–Trinajstić information content (AvgIpc) is 2.67. The van der Waals surface area contributed by atoms with Crippen LogP contribution in [0.5, 0.6) is 5.75 Å². The number of hydrogen-bond acceptors (Lipinski definition) is 6. The normalized spacial score (nSPS) is 16.5. The highest BCUT2D eigenvalue weighted by molar-refractivity contribution is 6.00. The van der Waals surface area contributed by atoms with Crippen molar-refractivity contribution < 1.29 is 28.6 Å². The van der Waals surface area contributed by atoms with Crippen molar-refractivity contribution in [2.75, 3.05) is 27.9 Å². The second-order valence-electron chi connectivity index (χ2n) is 5.43. The minimum atomic E-state index is -1.25. The summed E-state index contributed by atoms with van der Waals surface area (Å²) < 4.78 is 14.7. The number of ether oxygens (including phenoxy) is 3. The molecule has 0 saturated carbocycles. The lowest BCUT2D eigenvalue weighted by Crippen LogP contribution is -2.50. The number of hydrogen-bond donors (Lipinski definition) is 0. The third-order valence-corrected chi connectivity index (χ3v) is 4.08. The van der Waals surface area contributed by atoms with E-state index in [-0.39, 0.29) is 5.91 Å². The molecule has 1 aromatic rings. The number of esters is 2. The molecule has 0 N–H and O–H groups in total. The molecule has 0 aliphatic carbocycles. The van der Waals surface area contributed by atoms with Gasteiger partial charge in [0.15, 0.2) is 5.92 Å². The molecule has 0 saturated heterocycles. The maximum atomic E-state index is 13.0.